The number of benzene rings is 1. The lowest BCUT2D eigenvalue weighted by atomic mass is 10.1. The second-order valence-electron chi connectivity index (χ2n) is 2.51. The Bertz CT molecular complexity index is 426. The molecule has 0 fully saturated rings. The highest BCUT2D eigenvalue weighted by atomic mass is 79.9. The number of halogens is 2. The molecule has 0 saturated carbocycles. The van der Waals surface area contributed by atoms with E-state index in [4.69, 9.17) is 22.0 Å². The second kappa shape index (κ2) is 4.45. The predicted octanol–water partition coefficient (Wildman–Crippen LogP) is 2.80. The van der Waals surface area contributed by atoms with Crippen molar-refractivity contribution >= 4 is 33.5 Å². The number of carbonyl (C=O) groups is 1. The number of hydrogen-bond acceptors (Lipinski definition) is 2. The summed E-state index contributed by atoms with van der Waals surface area (Å²) < 4.78 is 0. The van der Waals surface area contributed by atoms with Gasteiger partial charge in [-0.2, -0.15) is 5.26 Å². The number of aromatic carboxylic acids is 1. The molecule has 0 aromatic heterocycles. The fraction of sp³-hybridized carbons (Fsp3) is 0.111. The Hall–Kier alpha value is -1.05. The number of nitrogens with zero attached hydrogens (tertiary/aromatic N) is 1. The predicted molar refractivity (Wildman–Crippen MR) is 55.8 cm³/mol. The molecule has 0 aliphatic rings. The average molecular weight is 275 g/mol. The zero-order valence-electron chi connectivity index (χ0n) is 6.92. The van der Waals surface area contributed by atoms with E-state index in [1.165, 1.54) is 6.07 Å². The summed E-state index contributed by atoms with van der Waals surface area (Å²) in [6.45, 7) is 0. The minimum Gasteiger partial charge on any atom is -0.478 e. The van der Waals surface area contributed by atoms with Crippen LogP contribution in [0.2, 0.25) is 5.02 Å². The maximum absolute atomic E-state index is 10.7. The fourth-order valence-electron chi connectivity index (χ4n) is 1.01. The molecule has 0 heterocycles. The Kier molecular flexibility index (Phi) is 3.50. The van der Waals surface area contributed by atoms with Gasteiger partial charge in [0, 0.05) is 5.33 Å². The molecule has 3 nitrogen and oxygen atoms in total. The van der Waals surface area contributed by atoms with Gasteiger partial charge in [0.05, 0.1) is 16.1 Å². The van der Waals surface area contributed by atoms with Gasteiger partial charge in [-0.25, -0.2) is 4.79 Å². The Balaban J connectivity index is 3.45. The molecule has 0 aliphatic carbocycles. The molecule has 14 heavy (non-hydrogen) atoms. The summed E-state index contributed by atoms with van der Waals surface area (Å²) in [5, 5.41) is 18.2. The Labute approximate surface area is 94.0 Å². The lowest BCUT2D eigenvalue weighted by Crippen LogP contribution is -2.01. The number of rotatable bonds is 2. The average Bonchev–Trinajstić information content (AvgIpc) is 2.17. The van der Waals surface area contributed by atoms with Crippen molar-refractivity contribution < 1.29 is 9.90 Å². The van der Waals surface area contributed by atoms with Gasteiger partial charge in [-0.15, -0.1) is 0 Å². The van der Waals surface area contributed by atoms with Gasteiger partial charge in [-0.3, -0.25) is 0 Å². The largest absolute Gasteiger partial charge is 0.478 e. The number of carboxylic acids is 1. The minimum atomic E-state index is -1.15. The van der Waals surface area contributed by atoms with Crippen LogP contribution in [0.25, 0.3) is 0 Å². The smallest absolute Gasteiger partial charge is 0.337 e. The Morgan fingerprint density at radius 3 is 2.71 bits per heavy atom. The van der Waals surface area contributed by atoms with Crippen LogP contribution in [0.15, 0.2) is 12.1 Å². The molecule has 0 radical (unpaired) electrons. The molecular weight excluding hydrogens is 269 g/mol. The number of hydrogen-bond donors (Lipinski definition) is 1. The van der Waals surface area contributed by atoms with E-state index in [-0.39, 0.29) is 16.1 Å². The highest BCUT2D eigenvalue weighted by Gasteiger charge is 2.15. The minimum absolute atomic E-state index is 0.0103. The first-order valence-corrected chi connectivity index (χ1v) is 5.12. The summed E-state index contributed by atoms with van der Waals surface area (Å²) in [5.74, 6) is -1.15. The van der Waals surface area contributed by atoms with Crippen molar-refractivity contribution in [3.05, 3.63) is 33.8 Å². The lowest BCUT2D eigenvalue weighted by molar-refractivity contribution is 0.0696. The number of nitriles is 1. The van der Waals surface area contributed by atoms with Gasteiger partial charge >= 0.3 is 5.97 Å². The van der Waals surface area contributed by atoms with E-state index in [9.17, 15) is 4.79 Å². The van der Waals surface area contributed by atoms with Crippen LogP contribution in [-0.4, -0.2) is 11.1 Å². The zero-order chi connectivity index (χ0) is 10.7. The van der Waals surface area contributed by atoms with Gasteiger partial charge in [-0.05, 0) is 11.6 Å². The van der Waals surface area contributed by atoms with Gasteiger partial charge in [0.15, 0.2) is 0 Å². The van der Waals surface area contributed by atoms with Crippen molar-refractivity contribution in [3.8, 4) is 6.07 Å². The van der Waals surface area contributed by atoms with E-state index >= 15 is 0 Å². The van der Waals surface area contributed by atoms with E-state index in [1.54, 1.807) is 12.1 Å². The van der Waals surface area contributed by atoms with Crippen LogP contribution in [0.4, 0.5) is 0 Å². The Morgan fingerprint density at radius 1 is 1.64 bits per heavy atom. The molecule has 0 spiro atoms. The molecular formula is C9H5BrClNO2. The van der Waals surface area contributed by atoms with E-state index in [1.807, 2.05) is 0 Å². The Morgan fingerprint density at radius 2 is 2.29 bits per heavy atom. The maximum Gasteiger partial charge on any atom is 0.337 e. The first-order chi connectivity index (χ1) is 6.61. The first kappa shape index (κ1) is 11.0. The quantitative estimate of drug-likeness (QED) is 0.844. The molecule has 1 aromatic rings. The molecule has 0 atom stereocenters. The van der Waals surface area contributed by atoms with E-state index < -0.39 is 5.97 Å². The van der Waals surface area contributed by atoms with Crippen molar-refractivity contribution in [2.45, 2.75) is 5.33 Å². The lowest BCUT2D eigenvalue weighted by Gasteiger charge is -2.04. The van der Waals surface area contributed by atoms with Crippen molar-refractivity contribution in [2.75, 3.05) is 0 Å². The third kappa shape index (κ3) is 1.89. The van der Waals surface area contributed by atoms with Crippen LogP contribution in [0.1, 0.15) is 21.5 Å². The monoisotopic (exact) mass is 273 g/mol. The third-order valence-electron chi connectivity index (χ3n) is 1.71. The normalized spacial score (nSPS) is 9.50. The fourth-order valence-corrected chi connectivity index (χ4v) is 1.91. The molecule has 0 amide bonds. The van der Waals surface area contributed by atoms with Crippen LogP contribution < -0.4 is 0 Å². The summed E-state index contributed by atoms with van der Waals surface area (Å²) in [7, 11) is 0. The summed E-state index contributed by atoms with van der Waals surface area (Å²) in [4.78, 5) is 10.7. The molecule has 1 N–H and O–H groups in total. The van der Waals surface area contributed by atoms with Gasteiger partial charge in [0.25, 0.3) is 0 Å². The summed E-state index contributed by atoms with van der Waals surface area (Å²) in [6.07, 6.45) is 0. The highest BCUT2D eigenvalue weighted by molar-refractivity contribution is 9.08. The summed E-state index contributed by atoms with van der Waals surface area (Å²) >= 11 is 9.03. The van der Waals surface area contributed by atoms with Crippen molar-refractivity contribution in [3.63, 3.8) is 0 Å². The van der Waals surface area contributed by atoms with Crippen LogP contribution in [0.3, 0.4) is 0 Å². The van der Waals surface area contributed by atoms with Gasteiger partial charge in [-0.1, -0.05) is 33.6 Å². The molecule has 0 bridgehead atoms. The molecule has 1 rings (SSSR count). The van der Waals surface area contributed by atoms with Crippen molar-refractivity contribution in [2.24, 2.45) is 0 Å². The topological polar surface area (TPSA) is 61.1 Å². The molecule has 72 valence electrons. The second-order valence-corrected chi connectivity index (χ2v) is 3.45. The van der Waals surface area contributed by atoms with E-state index in [2.05, 4.69) is 15.9 Å². The van der Waals surface area contributed by atoms with Crippen molar-refractivity contribution in [1.82, 2.24) is 0 Å². The molecule has 0 unspecified atom stereocenters. The molecule has 5 heteroatoms. The highest BCUT2D eigenvalue weighted by Crippen LogP contribution is 2.25. The van der Waals surface area contributed by atoms with Crippen LogP contribution in [0.5, 0.6) is 0 Å². The standard InChI is InChI=1S/C9H5BrClNO2/c10-3-5-1-2-6(9(13)14)7(4-12)8(5)11/h1-2H,3H2,(H,13,14). The van der Waals surface area contributed by atoms with E-state index in [0.29, 0.717) is 10.9 Å². The van der Waals surface area contributed by atoms with Gasteiger partial charge < -0.3 is 5.11 Å². The number of carboxylic acid groups (broad SMARTS) is 1. The van der Waals surface area contributed by atoms with Crippen LogP contribution >= 0.6 is 27.5 Å². The SMILES string of the molecule is N#Cc1c(C(=O)O)ccc(CBr)c1Cl. The van der Waals surface area contributed by atoms with Crippen LogP contribution in [-0.2, 0) is 5.33 Å². The number of alkyl halides is 1. The van der Waals surface area contributed by atoms with E-state index in [0.717, 1.165) is 0 Å². The zero-order valence-corrected chi connectivity index (χ0v) is 9.26. The maximum atomic E-state index is 10.7. The van der Waals surface area contributed by atoms with Crippen molar-refractivity contribution in [1.29, 1.82) is 5.26 Å². The molecule has 0 saturated heterocycles. The third-order valence-corrected chi connectivity index (χ3v) is 2.74. The van der Waals surface area contributed by atoms with Gasteiger partial charge in [0.1, 0.15) is 6.07 Å². The molecule has 0 aliphatic heterocycles. The van der Waals surface area contributed by atoms with Gasteiger partial charge in [0.2, 0.25) is 0 Å². The summed E-state index contributed by atoms with van der Waals surface area (Å²) in [6, 6.07) is 4.75. The molecule has 1 aromatic carbocycles. The van der Waals surface area contributed by atoms with Crippen LogP contribution in [0, 0.1) is 11.3 Å². The first-order valence-electron chi connectivity index (χ1n) is 3.62. The summed E-state index contributed by atoms with van der Waals surface area (Å²) in [5.41, 5.74) is 0.645.